The molecule has 0 radical (unpaired) electrons. The fourth-order valence-corrected chi connectivity index (χ4v) is 1.80. The molecule has 0 saturated heterocycles. The van der Waals surface area contributed by atoms with Crippen molar-refractivity contribution in [1.82, 2.24) is 5.32 Å². The second kappa shape index (κ2) is 6.42. The van der Waals surface area contributed by atoms with E-state index in [1.807, 2.05) is 18.4 Å². The molecule has 0 aliphatic heterocycles. The van der Waals surface area contributed by atoms with Gasteiger partial charge in [-0.05, 0) is 18.4 Å². The molecule has 2 N–H and O–H groups in total. The smallest absolute Gasteiger partial charge is 0.217 e. The molecule has 0 unspecified atom stereocenters. The highest BCUT2D eigenvalue weighted by Crippen LogP contribution is 2.15. The van der Waals surface area contributed by atoms with Gasteiger partial charge in [0, 0.05) is 17.4 Å². The van der Waals surface area contributed by atoms with Gasteiger partial charge in [0.05, 0.1) is 6.61 Å². The first kappa shape index (κ1) is 13.7. The number of thioether (sulfide) groups is 1. The highest BCUT2D eigenvalue weighted by Gasteiger charge is 2.19. The van der Waals surface area contributed by atoms with Crippen LogP contribution in [0, 0.1) is 0 Å². The van der Waals surface area contributed by atoms with Gasteiger partial charge in [-0.2, -0.15) is 0 Å². The Bertz CT molecular complexity index is 403. The Balaban J connectivity index is 2.82. The van der Waals surface area contributed by atoms with Crippen LogP contribution in [0.4, 0.5) is 0 Å². The quantitative estimate of drug-likeness (QED) is 0.609. The van der Waals surface area contributed by atoms with Crippen LogP contribution in [0.3, 0.4) is 0 Å². The molecule has 0 aliphatic rings. The normalized spacial score (nSPS) is 11.9. The molecule has 0 fully saturated rings. The number of aliphatic hydroxyl groups is 1. The van der Waals surface area contributed by atoms with E-state index < -0.39 is 12.6 Å². The average Bonchev–Trinajstić information content (AvgIpc) is 2.35. The largest absolute Gasteiger partial charge is 0.394 e. The maximum Gasteiger partial charge on any atom is 0.217 e. The molecule has 0 heterocycles. The summed E-state index contributed by atoms with van der Waals surface area (Å²) in [6.45, 7) is 0.912. The van der Waals surface area contributed by atoms with Crippen LogP contribution in [-0.2, 0) is 4.79 Å². The molecule has 0 saturated carbocycles. The summed E-state index contributed by atoms with van der Waals surface area (Å²) in [6, 6.07) is 6.19. The third kappa shape index (κ3) is 3.87. The Kier molecular flexibility index (Phi) is 5.18. The number of benzene rings is 1. The number of aliphatic hydroxyl groups excluding tert-OH is 1. The fraction of sp³-hybridized carbons (Fsp3) is 0.333. The number of carbonyl (C=O) groups excluding carboxylic acids is 2. The van der Waals surface area contributed by atoms with Crippen molar-refractivity contribution in [1.29, 1.82) is 0 Å². The van der Waals surface area contributed by atoms with Crippen molar-refractivity contribution < 1.29 is 14.7 Å². The lowest BCUT2D eigenvalue weighted by atomic mass is 10.0. The molecule has 0 aromatic heterocycles. The zero-order valence-electron chi connectivity index (χ0n) is 9.77. The van der Waals surface area contributed by atoms with Gasteiger partial charge in [-0.1, -0.05) is 12.1 Å². The molecule has 4 nitrogen and oxygen atoms in total. The van der Waals surface area contributed by atoms with Gasteiger partial charge in [-0.25, -0.2) is 0 Å². The molecule has 5 heteroatoms. The van der Waals surface area contributed by atoms with Gasteiger partial charge in [0.15, 0.2) is 5.78 Å². The zero-order chi connectivity index (χ0) is 12.8. The molecule has 17 heavy (non-hydrogen) atoms. The second-order valence-corrected chi connectivity index (χ2v) is 4.41. The number of amides is 1. The van der Waals surface area contributed by atoms with E-state index in [2.05, 4.69) is 5.32 Å². The number of rotatable bonds is 5. The molecule has 1 aromatic rings. The molecule has 1 aromatic carbocycles. The Hall–Kier alpha value is -1.33. The Morgan fingerprint density at radius 3 is 2.35 bits per heavy atom. The lowest BCUT2D eigenvalue weighted by Gasteiger charge is -2.13. The van der Waals surface area contributed by atoms with E-state index in [1.165, 1.54) is 6.92 Å². The molecular formula is C12H15NO3S. The van der Waals surface area contributed by atoms with E-state index >= 15 is 0 Å². The Labute approximate surface area is 104 Å². The van der Waals surface area contributed by atoms with Crippen LogP contribution >= 0.6 is 11.8 Å². The fourth-order valence-electron chi connectivity index (χ4n) is 1.40. The van der Waals surface area contributed by atoms with Gasteiger partial charge in [-0.15, -0.1) is 11.8 Å². The number of hydrogen-bond acceptors (Lipinski definition) is 4. The first-order chi connectivity index (χ1) is 8.08. The maximum atomic E-state index is 11.9. The van der Waals surface area contributed by atoms with E-state index in [9.17, 15) is 9.59 Å². The lowest BCUT2D eigenvalue weighted by molar-refractivity contribution is -0.119. The van der Waals surface area contributed by atoms with Crippen LogP contribution < -0.4 is 5.32 Å². The highest BCUT2D eigenvalue weighted by molar-refractivity contribution is 7.98. The van der Waals surface area contributed by atoms with Gasteiger partial charge in [0.1, 0.15) is 6.04 Å². The summed E-state index contributed by atoms with van der Waals surface area (Å²) < 4.78 is 0. The van der Waals surface area contributed by atoms with Crippen LogP contribution in [0.15, 0.2) is 29.2 Å². The second-order valence-electron chi connectivity index (χ2n) is 3.53. The molecule has 0 spiro atoms. The van der Waals surface area contributed by atoms with Crippen molar-refractivity contribution in [2.24, 2.45) is 0 Å². The van der Waals surface area contributed by atoms with E-state index in [1.54, 1.807) is 23.9 Å². The van der Waals surface area contributed by atoms with Gasteiger partial charge >= 0.3 is 0 Å². The van der Waals surface area contributed by atoms with E-state index in [4.69, 9.17) is 5.11 Å². The SMILES string of the molecule is CSc1ccc(C(=O)[C@@H](CO)NC(C)=O)cc1. The third-order valence-electron chi connectivity index (χ3n) is 2.25. The molecule has 92 valence electrons. The predicted molar refractivity (Wildman–Crippen MR) is 67.2 cm³/mol. The summed E-state index contributed by atoms with van der Waals surface area (Å²) in [5.41, 5.74) is 0.482. The molecular weight excluding hydrogens is 238 g/mol. The van der Waals surface area contributed by atoms with Crippen molar-refractivity contribution in [3.63, 3.8) is 0 Å². The van der Waals surface area contributed by atoms with E-state index in [-0.39, 0.29) is 11.7 Å². The topological polar surface area (TPSA) is 66.4 Å². The first-order valence-corrected chi connectivity index (χ1v) is 6.37. The molecule has 1 atom stereocenters. The monoisotopic (exact) mass is 253 g/mol. The summed E-state index contributed by atoms with van der Waals surface area (Å²) in [7, 11) is 0. The average molecular weight is 253 g/mol. The number of ketones is 1. The van der Waals surface area contributed by atoms with Crippen LogP contribution in [-0.4, -0.2) is 35.7 Å². The summed E-state index contributed by atoms with van der Waals surface area (Å²) in [5, 5.41) is 11.5. The molecule has 0 bridgehead atoms. The minimum absolute atomic E-state index is 0.282. The summed E-state index contributed by atoms with van der Waals surface area (Å²) >= 11 is 1.58. The third-order valence-corrected chi connectivity index (χ3v) is 2.99. The van der Waals surface area contributed by atoms with Crippen LogP contribution in [0.1, 0.15) is 17.3 Å². The van der Waals surface area contributed by atoms with Crippen LogP contribution in [0.25, 0.3) is 0 Å². The predicted octanol–water partition coefficient (Wildman–Crippen LogP) is 1.09. The number of Topliss-reactive ketones (excluding diaryl/α,β-unsaturated/α-hetero) is 1. The van der Waals surface area contributed by atoms with Crippen molar-refractivity contribution in [3.8, 4) is 0 Å². The summed E-state index contributed by atoms with van der Waals surface area (Å²) in [6.07, 6.45) is 1.95. The highest BCUT2D eigenvalue weighted by atomic mass is 32.2. The van der Waals surface area contributed by atoms with Gasteiger partial charge < -0.3 is 10.4 Å². The van der Waals surface area contributed by atoms with Crippen LogP contribution in [0.5, 0.6) is 0 Å². The van der Waals surface area contributed by atoms with Crippen molar-refractivity contribution >= 4 is 23.5 Å². The standard InChI is InChI=1S/C12H15NO3S/c1-8(15)13-11(7-14)12(16)9-3-5-10(17-2)6-4-9/h3-6,11,14H,7H2,1-2H3,(H,13,15)/t11-/m1/s1. The molecule has 0 aliphatic carbocycles. The summed E-state index contributed by atoms with van der Waals surface area (Å²) in [5.74, 6) is -0.617. The number of carbonyl (C=O) groups is 2. The summed E-state index contributed by atoms with van der Waals surface area (Å²) in [4.78, 5) is 23.9. The first-order valence-electron chi connectivity index (χ1n) is 5.14. The van der Waals surface area contributed by atoms with Gasteiger partial charge in [0.2, 0.25) is 5.91 Å². The van der Waals surface area contributed by atoms with Crippen molar-refractivity contribution in [2.45, 2.75) is 17.9 Å². The van der Waals surface area contributed by atoms with Crippen molar-refractivity contribution in [3.05, 3.63) is 29.8 Å². The van der Waals surface area contributed by atoms with Gasteiger partial charge in [-0.3, -0.25) is 9.59 Å². The minimum Gasteiger partial charge on any atom is -0.394 e. The zero-order valence-corrected chi connectivity index (χ0v) is 10.6. The Morgan fingerprint density at radius 2 is 1.94 bits per heavy atom. The van der Waals surface area contributed by atoms with Crippen molar-refractivity contribution in [2.75, 3.05) is 12.9 Å². The minimum atomic E-state index is -0.868. The van der Waals surface area contributed by atoms with Gasteiger partial charge in [0.25, 0.3) is 0 Å². The lowest BCUT2D eigenvalue weighted by Crippen LogP contribution is -2.42. The molecule has 1 amide bonds. The van der Waals surface area contributed by atoms with E-state index in [0.717, 1.165) is 4.90 Å². The molecule has 1 rings (SSSR count). The Morgan fingerprint density at radius 1 is 1.35 bits per heavy atom. The van der Waals surface area contributed by atoms with E-state index in [0.29, 0.717) is 5.56 Å². The maximum absolute atomic E-state index is 11.9. The number of hydrogen-bond donors (Lipinski definition) is 2. The van der Waals surface area contributed by atoms with Crippen LogP contribution in [0.2, 0.25) is 0 Å². The number of nitrogens with one attached hydrogen (secondary N) is 1.